The molecule has 0 bridgehead atoms. The van der Waals surface area contributed by atoms with Crippen LogP contribution in [0.15, 0.2) is 101 Å². The highest BCUT2D eigenvalue weighted by Gasteiger charge is 2.25. The maximum Gasteiger partial charge on any atom is 0.397 e. The SMILES string of the molecule is O=S(=O)(O)OCCS(=O)(=O)c1ccc(/N=N/c2cc(/N=N/c3ccc4cc(S(=O)(=O)CCOS(=O)(=O)O)ccc4c3S(=O)(=O)O)c(O)cc2O)c(S(=O)(=O)O)c1. The summed E-state index contributed by atoms with van der Waals surface area (Å²) in [5.74, 6) is -3.57. The van der Waals surface area contributed by atoms with Crippen LogP contribution >= 0.6 is 0 Å². The van der Waals surface area contributed by atoms with Crippen LogP contribution in [-0.4, -0.2) is 104 Å². The zero-order chi connectivity index (χ0) is 42.1. The van der Waals surface area contributed by atoms with Crippen molar-refractivity contribution in [3.8, 4) is 11.5 Å². The van der Waals surface area contributed by atoms with Gasteiger partial charge in [-0.25, -0.2) is 25.2 Å². The zero-order valence-corrected chi connectivity index (χ0v) is 32.1. The van der Waals surface area contributed by atoms with Gasteiger partial charge >= 0.3 is 20.8 Å². The molecule has 0 aliphatic heterocycles. The normalized spacial score (nSPS) is 13.6. The molecule has 0 aromatic heterocycles. The highest BCUT2D eigenvalue weighted by atomic mass is 32.3. The Morgan fingerprint density at radius 2 is 0.929 bits per heavy atom. The number of benzene rings is 4. The lowest BCUT2D eigenvalue weighted by Gasteiger charge is -2.10. The van der Waals surface area contributed by atoms with E-state index in [1.54, 1.807) is 0 Å². The van der Waals surface area contributed by atoms with E-state index in [1.807, 2.05) is 0 Å². The number of nitrogens with zero attached hydrogens (tertiary/aromatic N) is 4. The molecule has 4 aromatic carbocycles. The van der Waals surface area contributed by atoms with E-state index < -0.39 is 139 Å². The largest absolute Gasteiger partial charge is 0.505 e. The highest BCUT2D eigenvalue weighted by molar-refractivity contribution is 7.92. The third-order valence-corrected chi connectivity index (χ3v) is 13.0. The van der Waals surface area contributed by atoms with Gasteiger partial charge in [-0.15, -0.1) is 20.5 Å². The molecule has 0 aliphatic rings. The molecule has 0 radical (unpaired) electrons. The Morgan fingerprint density at radius 3 is 1.41 bits per heavy atom. The van der Waals surface area contributed by atoms with Crippen molar-refractivity contribution in [3.63, 3.8) is 0 Å². The van der Waals surface area contributed by atoms with Gasteiger partial charge in [-0.1, -0.05) is 12.1 Å². The summed E-state index contributed by atoms with van der Waals surface area (Å²) in [7, 11) is -29.1. The van der Waals surface area contributed by atoms with E-state index in [1.165, 1.54) is 6.07 Å². The number of sulfone groups is 2. The van der Waals surface area contributed by atoms with Crippen molar-refractivity contribution < 1.29 is 87.3 Å². The molecular weight excluding hydrogens is 881 g/mol. The summed E-state index contributed by atoms with van der Waals surface area (Å²) in [6, 6.07) is 8.49. The van der Waals surface area contributed by atoms with Crippen LogP contribution in [0, 0.1) is 0 Å². The molecule has 24 nitrogen and oxygen atoms in total. The van der Waals surface area contributed by atoms with E-state index in [0.29, 0.717) is 12.1 Å². The Hall–Kier alpha value is -4.60. The lowest BCUT2D eigenvalue weighted by atomic mass is 10.1. The van der Waals surface area contributed by atoms with E-state index in [9.17, 15) is 69.8 Å². The first kappa shape index (κ1) is 44.1. The molecule has 0 spiro atoms. The van der Waals surface area contributed by atoms with Crippen molar-refractivity contribution in [2.45, 2.75) is 19.6 Å². The van der Waals surface area contributed by atoms with Gasteiger partial charge in [0, 0.05) is 17.5 Å². The van der Waals surface area contributed by atoms with Gasteiger partial charge in [-0.05, 0) is 41.8 Å². The van der Waals surface area contributed by atoms with Crippen molar-refractivity contribution in [3.05, 3.63) is 60.7 Å². The Balaban J connectivity index is 1.69. The maximum absolute atomic E-state index is 12.6. The molecule has 0 saturated heterocycles. The second-order valence-electron chi connectivity index (χ2n) is 10.7. The number of rotatable bonds is 16. The van der Waals surface area contributed by atoms with Crippen molar-refractivity contribution in [2.75, 3.05) is 24.7 Å². The molecule has 304 valence electrons. The summed E-state index contributed by atoms with van der Waals surface area (Å²) in [5.41, 5.74) is -2.38. The lowest BCUT2D eigenvalue weighted by Crippen LogP contribution is -2.16. The molecular formula is C26H24N4O20S6. The Morgan fingerprint density at radius 1 is 0.482 bits per heavy atom. The smallest absolute Gasteiger partial charge is 0.397 e. The third-order valence-electron chi connectivity index (χ3n) is 6.88. The van der Waals surface area contributed by atoms with Gasteiger partial charge in [0.2, 0.25) is 0 Å². The second-order valence-corrected chi connectivity index (χ2v) is 19.9. The van der Waals surface area contributed by atoms with Crippen molar-refractivity contribution >= 4 is 94.2 Å². The number of phenolic OH excluding ortho intramolecular Hbond substituents is 2. The molecule has 0 unspecified atom stereocenters. The molecule has 0 amide bonds. The third kappa shape index (κ3) is 11.5. The number of fused-ring (bicyclic) bond motifs is 1. The standard InChI is InChI=1S/C26H24N4O20S6/c31-23-14-24(32)22(13-21(23)29-27-19-6-3-17(12-25(19)53(37,38)39)52(35,36)10-8-50-56(46,47)48)30-28-20-5-1-15-11-16(2-4-18(15)26(20)54(40,41)42)51(33,34)9-7-49-55(43,44)45/h1-6,11-14,31-32H,7-10H2,(H,37,38,39)(H,40,41,42)(H,43,44,45)(H,46,47,48)/b29-27+,30-28+. The molecule has 0 atom stereocenters. The van der Waals surface area contributed by atoms with Crippen molar-refractivity contribution in [1.82, 2.24) is 0 Å². The lowest BCUT2D eigenvalue weighted by molar-refractivity contribution is 0.282. The monoisotopic (exact) mass is 904 g/mol. The Kier molecular flexibility index (Phi) is 12.7. The van der Waals surface area contributed by atoms with Crippen LogP contribution in [0.1, 0.15) is 0 Å². The molecule has 0 heterocycles. The van der Waals surface area contributed by atoms with Gasteiger partial charge in [-0.2, -0.15) is 33.7 Å². The zero-order valence-electron chi connectivity index (χ0n) is 27.2. The fourth-order valence-electron chi connectivity index (χ4n) is 4.45. The van der Waals surface area contributed by atoms with Crippen LogP contribution in [-0.2, 0) is 69.1 Å². The number of azo groups is 2. The number of hydrogen-bond donors (Lipinski definition) is 6. The van der Waals surface area contributed by atoms with Crippen LogP contribution in [0.25, 0.3) is 10.8 Å². The Bertz CT molecular complexity index is 2970. The molecule has 4 rings (SSSR count). The fourth-order valence-corrected chi connectivity index (χ4v) is 9.04. The summed E-state index contributed by atoms with van der Waals surface area (Å²) in [4.78, 5) is -3.19. The van der Waals surface area contributed by atoms with Gasteiger partial charge in [-0.3, -0.25) is 18.2 Å². The predicted octanol–water partition coefficient (Wildman–Crippen LogP) is 2.76. The summed E-state index contributed by atoms with van der Waals surface area (Å²) in [6.45, 7) is -2.01. The summed E-state index contributed by atoms with van der Waals surface area (Å²) >= 11 is 0. The average molecular weight is 905 g/mol. The summed E-state index contributed by atoms with van der Waals surface area (Å²) < 4.78 is 187. The van der Waals surface area contributed by atoms with Gasteiger partial charge in [0.1, 0.15) is 44.0 Å². The van der Waals surface area contributed by atoms with Gasteiger partial charge in [0.05, 0.1) is 34.5 Å². The second kappa shape index (κ2) is 16.1. The number of aromatic hydroxyl groups is 2. The van der Waals surface area contributed by atoms with E-state index in [4.69, 9.17) is 9.11 Å². The molecule has 30 heteroatoms. The van der Waals surface area contributed by atoms with Crippen LogP contribution in [0.2, 0.25) is 0 Å². The molecule has 0 saturated carbocycles. The summed E-state index contributed by atoms with van der Waals surface area (Å²) in [5, 5.41) is 35.0. The number of hydrogen-bond acceptors (Lipinski definition) is 20. The average Bonchev–Trinajstić information content (AvgIpc) is 3.04. The maximum atomic E-state index is 12.6. The van der Waals surface area contributed by atoms with Crippen LogP contribution < -0.4 is 0 Å². The molecule has 0 aliphatic carbocycles. The quantitative estimate of drug-likeness (QED) is 0.0695. The van der Waals surface area contributed by atoms with Crippen molar-refractivity contribution in [2.24, 2.45) is 20.5 Å². The first-order chi connectivity index (χ1) is 25.6. The first-order valence-corrected chi connectivity index (χ1v) is 23.2. The minimum atomic E-state index is -5.23. The topological polar surface area (TPSA) is 394 Å². The minimum Gasteiger partial charge on any atom is -0.505 e. The minimum absolute atomic E-state index is 0.0791. The molecule has 56 heavy (non-hydrogen) atoms. The van der Waals surface area contributed by atoms with E-state index in [-0.39, 0.29) is 10.8 Å². The number of phenols is 2. The molecule has 6 N–H and O–H groups in total. The highest BCUT2D eigenvalue weighted by Crippen LogP contribution is 2.41. The Labute approximate surface area is 317 Å². The first-order valence-electron chi connectivity index (χ1n) is 14.3. The van der Waals surface area contributed by atoms with Crippen LogP contribution in [0.3, 0.4) is 0 Å². The van der Waals surface area contributed by atoms with Gasteiger partial charge in [0.15, 0.2) is 19.7 Å². The van der Waals surface area contributed by atoms with Gasteiger partial charge < -0.3 is 10.2 Å². The van der Waals surface area contributed by atoms with E-state index in [0.717, 1.165) is 42.5 Å². The van der Waals surface area contributed by atoms with Crippen LogP contribution in [0.4, 0.5) is 22.7 Å². The predicted molar refractivity (Wildman–Crippen MR) is 187 cm³/mol. The van der Waals surface area contributed by atoms with Crippen LogP contribution in [0.5, 0.6) is 11.5 Å². The summed E-state index contributed by atoms with van der Waals surface area (Å²) in [6.07, 6.45) is 0. The van der Waals surface area contributed by atoms with E-state index in [2.05, 4.69) is 28.8 Å². The fraction of sp³-hybridized carbons (Fsp3) is 0.154. The van der Waals surface area contributed by atoms with Crippen molar-refractivity contribution in [1.29, 1.82) is 0 Å². The molecule has 0 fully saturated rings. The van der Waals surface area contributed by atoms with Gasteiger partial charge in [0.25, 0.3) is 20.2 Å². The molecule has 4 aromatic rings. The van der Waals surface area contributed by atoms with E-state index >= 15 is 0 Å².